The Hall–Kier alpha value is -5.07. The second kappa shape index (κ2) is 10.8. The molecular weight excluding hydrogens is 532 g/mol. The Bertz CT molecular complexity index is 1720. The number of likely N-dealkylation sites (N-methyl/N-ethyl adjacent to an activating group) is 1. The van der Waals surface area contributed by atoms with Crippen LogP contribution >= 0.6 is 0 Å². The van der Waals surface area contributed by atoms with Gasteiger partial charge in [-0.05, 0) is 25.1 Å². The highest BCUT2D eigenvalue weighted by Crippen LogP contribution is 2.40. The van der Waals surface area contributed by atoms with E-state index in [1.807, 2.05) is 24.3 Å². The Morgan fingerprint density at radius 2 is 2.00 bits per heavy atom. The number of rotatable bonds is 7. The maximum Gasteiger partial charge on any atom is 0.254 e. The summed E-state index contributed by atoms with van der Waals surface area (Å²) >= 11 is 0. The first-order valence-corrected chi connectivity index (χ1v) is 13.0. The molecule has 5 N–H and O–H groups in total. The van der Waals surface area contributed by atoms with Crippen molar-refractivity contribution in [3.63, 3.8) is 0 Å². The summed E-state index contributed by atoms with van der Waals surface area (Å²) in [6.07, 6.45) is 3.13. The van der Waals surface area contributed by atoms with Crippen LogP contribution in [-0.2, 0) is 9.53 Å². The summed E-state index contributed by atoms with van der Waals surface area (Å²) in [6, 6.07) is 8.43. The number of ether oxygens (including phenoxy) is 1. The molecule has 4 aromatic rings. The van der Waals surface area contributed by atoms with E-state index in [2.05, 4.69) is 46.1 Å². The van der Waals surface area contributed by atoms with Gasteiger partial charge in [-0.1, -0.05) is 6.07 Å². The number of hydrogen-bond donors (Lipinski definition) is 5. The summed E-state index contributed by atoms with van der Waals surface area (Å²) in [5.74, 6) is -0.400. The molecule has 0 spiro atoms. The van der Waals surface area contributed by atoms with Crippen molar-refractivity contribution in [2.75, 3.05) is 25.5 Å². The zero-order chi connectivity index (χ0) is 28.5. The average molecular weight is 560 g/mol. The van der Waals surface area contributed by atoms with Gasteiger partial charge in [0.2, 0.25) is 5.88 Å². The van der Waals surface area contributed by atoms with Crippen LogP contribution in [0, 0.1) is 6.92 Å². The third kappa shape index (κ3) is 5.13. The van der Waals surface area contributed by atoms with Crippen molar-refractivity contribution in [3.05, 3.63) is 76.7 Å². The minimum atomic E-state index is -1.38. The van der Waals surface area contributed by atoms with Crippen LogP contribution < -0.4 is 16.0 Å². The fourth-order valence-corrected chi connectivity index (χ4v) is 4.99. The lowest BCUT2D eigenvalue weighted by molar-refractivity contribution is -0.117. The van der Waals surface area contributed by atoms with Gasteiger partial charge in [0.1, 0.15) is 30.0 Å². The largest absolute Gasteiger partial charge is 0.474 e. The van der Waals surface area contributed by atoms with Crippen LogP contribution in [0.15, 0.2) is 64.7 Å². The molecule has 210 valence electrons. The van der Waals surface area contributed by atoms with Gasteiger partial charge in [0.15, 0.2) is 0 Å². The van der Waals surface area contributed by atoms with Crippen molar-refractivity contribution in [1.29, 1.82) is 0 Å². The van der Waals surface area contributed by atoms with Crippen LogP contribution in [0.25, 0.3) is 28.1 Å². The normalized spacial score (nSPS) is 18.6. The Morgan fingerprint density at radius 1 is 1.17 bits per heavy atom. The Labute approximate surface area is 233 Å². The number of aromatic amines is 2. The fourth-order valence-electron chi connectivity index (χ4n) is 4.99. The van der Waals surface area contributed by atoms with Gasteiger partial charge >= 0.3 is 0 Å². The molecule has 1 aliphatic carbocycles. The molecule has 1 aromatic carbocycles. The summed E-state index contributed by atoms with van der Waals surface area (Å²) in [6.45, 7) is 1.68. The highest BCUT2D eigenvalue weighted by atomic mass is 19.1. The maximum absolute atomic E-state index is 15.2. The van der Waals surface area contributed by atoms with E-state index >= 15 is 4.39 Å². The number of carbonyl (C=O) groups excluding carboxylic acids is 1. The minimum Gasteiger partial charge on any atom is -0.474 e. The zero-order valence-corrected chi connectivity index (χ0v) is 22.3. The summed E-state index contributed by atoms with van der Waals surface area (Å²) in [5.41, 5.74) is 4.59. The quantitative estimate of drug-likeness (QED) is 0.231. The molecule has 1 amide bonds. The first-order valence-electron chi connectivity index (χ1n) is 13.0. The van der Waals surface area contributed by atoms with Crippen molar-refractivity contribution in [2.24, 2.45) is 4.99 Å². The first kappa shape index (κ1) is 26.2. The molecule has 13 heteroatoms. The van der Waals surface area contributed by atoms with E-state index in [9.17, 15) is 9.18 Å². The minimum absolute atomic E-state index is 0.0821. The number of benzene rings is 1. The first-order chi connectivity index (χ1) is 19.9. The van der Waals surface area contributed by atoms with Gasteiger partial charge in [-0.2, -0.15) is 5.10 Å². The standard InChI is InChI=1S/C28H27F2N9O2/c1-14-7-17-25(30)16(8-18(29)26(17)36-14)12-41-28-24(27(40)31-2)22(11-32-13-35-28)37-23-10-20(38-39-23)15-3-4-19-21(9-15)34-6-5-33-19/h3-7,9-10,13,18,22,36H,8,11-12H2,1-2H3,(H,31,40)(H,32,35)(H2,37,38,39). The van der Waals surface area contributed by atoms with Gasteiger partial charge in [-0.3, -0.25) is 24.9 Å². The van der Waals surface area contributed by atoms with Gasteiger partial charge in [-0.25, -0.2) is 8.78 Å². The van der Waals surface area contributed by atoms with E-state index in [0.29, 0.717) is 11.5 Å². The van der Waals surface area contributed by atoms with Crippen molar-refractivity contribution < 1.29 is 18.3 Å². The van der Waals surface area contributed by atoms with E-state index < -0.39 is 23.9 Å². The monoisotopic (exact) mass is 559 g/mol. The predicted octanol–water partition coefficient (Wildman–Crippen LogP) is 3.84. The second-order valence-corrected chi connectivity index (χ2v) is 9.74. The molecule has 1 aliphatic heterocycles. The third-order valence-corrected chi connectivity index (χ3v) is 6.98. The Kier molecular flexibility index (Phi) is 6.91. The molecule has 2 aliphatic rings. The molecular formula is C28H27F2N9O2. The van der Waals surface area contributed by atoms with Gasteiger partial charge in [0.25, 0.3) is 5.91 Å². The number of nitrogens with one attached hydrogen (secondary N) is 5. The summed E-state index contributed by atoms with van der Waals surface area (Å²) in [5, 5.41) is 16.1. The highest BCUT2D eigenvalue weighted by molar-refractivity contribution is 5.96. The zero-order valence-electron chi connectivity index (χ0n) is 22.3. The van der Waals surface area contributed by atoms with Crippen LogP contribution in [-0.4, -0.2) is 63.6 Å². The van der Waals surface area contributed by atoms with E-state index in [-0.39, 0.29) is 47.9 Å². The maximum atomic E-state index is 15.2. The van der Waals surface area contributed by atoms with Crippen molar-refractivity contribution >= 4 is 34.9 Å². The molecule has 0 bridgehead atoms. The number of amides is 1. The number of aryl methyl sites for hydroxylation is 1. The number of nitrogens with zero attached hydrogens (tertiary/aromatic N) is 4. The van der Waals surface area contributed by atoms with E-state index in [1.54, 1.807) is 25.4 Å². The molecule has 0 fully saturated rings. The van der Waals surface area contributed by atoms with Crippen LogP contribution in [0.2, 0.25) is 0 Å². The van der Waals surface area contributed by atoms with Crippen LogP contribution in [0.4, 0.5) is 14.6 Å². The Morgan fingerprint density at radius 3 is 2.83 bits per heavy atom. The number of anilines is 1. The third-order valence-electron chi connectivity index (χ3n) is 6.98. The van der Waals surface area contributed by atoms with Crippen molar-refractivity contribution in [1.82, 2.24) is 35.8 Å². The predicted molar refractivity (Wildman–Crippen MR) is 150 cm³/mol. The molecule has 2 atom stereocenters. The smallest absolute Gasteiger partial charge is 0.254 e. The number of aromatic nitrogens is 5. The van der Waals surface area contributed by atoms with E-state index in [1.165, 1.54) is 13.4 Å². The molecule has 11 nitrogen and oxygen atoms in total. The summed E-state index contributed by atoms with van der Waals surface area (Å²) < 4.78 is 35.9. The number of carbonyl (C=O) groups is 1. The number of hydrogen-bond acceptors (Lipinski definition) is 8. The van der Waals surface area contributed by atoms with Crippen molar-refractivity contribution in [2.45, 2.75) is 25.6 Å². The van der Waals surface area contributed by atoms with Gasteiger partial charge in [0.05, 0.1) is 41.3 Å². The number of alkyl halides is 1. The van der Waals surface area contributed by atoms with Crippen LogP contribution in [0.5, 0.6) is 0 Å². The number of H-pyrrole nitrogens is 2. The number of fused-ring (bicyclic) bond motifs is 2. The lowest BCUT2D eigenvalue weighted by Gasteiger charge is -2.23. The molecule has 0 radical (unpaired) electrons. The molecule has 41 heavy (non-hydrogen) atoms. The molecule has 3 aromatic heterocycles. The van der Waals surface area contributed by atoms with Crippen LogP contribution in [0.1, 0.15) is 29.5 Å². The molecule has 4 heterocycles. The summed E-state index contributed by atoms with van der Waals surface area (Å²) in [7, 11) is 1.50. The Balaban J connectivity index is 1.25. The highest BCUT2D eigenvalue weighted by Gasteiger charge is 2.31. The average Bonchev–Trinajstić information content (AvgIpc) is 3.56. The molecule has 2 unspecified atom stereocenters. The number of halogens is 2. The molecule has 0 saturated carbocycles. The van der Waals surface area contributed by atoms with Gasteiger partial charge in [-0.15, -0.1) is 0 Å². The lowest BCUT2D eigenvalue weighted by atomic mass is 9.95. The van der Waals surface area contributed by atoms with Crippen LogP contribution in [0.3, 0.4) is 0 Å². The van der Waals surface area contributed by atoms with E-state index in [4.69, 9.17) is 4.74 Å². The molecule has 6 rings (SSSR count). The van der Waals surface area contributed by atoms with Gasteiger partial charge < -0.3 is 25.7 Å². The number of aliphatic imine (C=N–C) groups is 1. The van der Waals surface area contributed by atoms with Gasteiger partial charge in [0, 0.05) is 54.3 Å². The topological polar surface area (TPSA) is 145 Å². The lowest BCUT2D eigenvalue weighted by Crippen LogP contribution is -2.37. The van der Waals surface area contributed by atoms with Crippen molar-refractivity contribution in [3.8, 4) is 11.3 Å². The SMILES string of the molecule is CNC(=O)C1=C(OCC2=C(F)c3cc(C)[nH]c3C(F)C2)NC=NCC1Nc1cc(-c2ccc3nccnc3c2)[nH]n1. The van der Waals surface area contributed by atoms with E-state index in [0.717, 1.165) is 22.3 Å². The second-order valence-electron chi connectivity index (χ2n) is 9.74. The molecule has 0 saturated heterocycles. The summed E-state index contributed by atoms with van der Waals surface area (Å²) in [4.78, 5) is 28.9. The fraction of sp³-hybridized carbons (Fsp3) is 0.250.